The highest BCUT2D eigenvalue weighted by Crippen LogP contribution is 2.37. The fraction of sp³-hybridized carbons (Fsp3) is 0.300. The molecule has 0 radical (unpaired) electrons. The summed E-state index contributed by atoms with van der Waals surface area (Å²) >= 11 is 0. The molecule has 41 heavy (non-hydrogen) atoms. The Morgan fingerprint density at radius 2 is 1.83 bits per heavy atom. The van der Waals surface area contributed by atoms with Crippen LogP contribution < -0.4 is 15.0 Å². The Hall–Kier alpha value is -4.54. The highest BCUT2D eigenvalue weighted by molar-refractivity contribution is 6.06. The maximum atomic E-state index is 13.5. The van der Waals surface area contributed by atoms with E-state index in [1.165, 1.54) is 12.4 Å². The molecule has 0 saturated carbocycles. The molecule has 0 unspecified atom stereocenters. The molecule has 1 N–H and O–H groups in total. The highest BCUT2D eigenvalue weighted by Gasteiger charge is 2.32. The molecule has 1 aliphatic heterocycles. The average molecular weight is 563 g/mol. The van der Waals surface area contributed by atoms with Crippen LogP contribution in [0.2, 0.25) is 0 Å². The maximum Gasteiger partial charge on any atom is 0.416 e. The first-order valence-electron chi connectivity index (χ1n) is 13.4. The van der Waals surface area contributed by atoms with Crippen molar-refractivity contribution in [2.45, 2.75) is 45.7 Å². The summed E-state index contributed by atoms with van der Waals surface area (Å²) in [5, 5.41) is 2.72. The molecule has 2 aromatic carbocycles. The van der Waals surface area contributed by atoms with Crippen LogP contribution >= 0.6 is 0 Å². The van der Waals surface area contributed by atoms with Gasteiger partial charge in [-0.3, -0.25) is 4.79 Å². The Balaban J connectivity index is 1.44. The SMILES string of the molecule is CCc1ncnc(-c2cccnc2Oc2cc(C(=O)Nc3cc(C(F)(F)F)ccc3N3CCCCC3)ccc2C)n1. The molecule has 5 rings (SSSR count). The molecule has 1 fully saturated rings. The van der Waals surface area contributed by atoms with Crippen LogP contribution in [0, 0.1) is 6.92 Å². The van der Waals surface area contributed by atoms with Crippen molar-refractivity contribution in [1.29, 1.82) is 0 Å². The third-order valence-corrected chi connectivity index (χ3v) is 6.88. The summed E-state index contributed by atoms with van der Waals surface area (Å²) in [5.41, 5.74) is 1.36. The van der Waals surface area contributed by atoms with Crippen LogP contribution in [0.25, 0.3) is 11.4 Å². The van der Waals surface area contributed by atoms with E-state index in [9.17, 15) is 18.0 Å². The molecule has 0 aliphatic carbocycles. The summed E-state index contributed by atoms with van der Waals surface area (Å²) in [4.78, 5) is 32.6. The van der Waals surface area contributed by atoms with Crippen LogP contribution in [0.5, 0.6) is 11.6 Å². The van der Waals surface area contributed by atoms with Crippen LogP contribution in [-0.2, 0) is 12.6 Å². The third-order valence-electron chi connectivity index (χ3n) is 6.88. The van der Waals surface area contributed by atoms with Crippen LogP contribution in [0.3, 0.4) is 0 Å². The van der Waals surface area contributed by atoms with Gasteiger partial charge in [0, 0.05) is 31.3 Å². The van der Waals surface area contributed by atoms with Gasteiger partial charge < -0.3 is 15.0 Å². The van der Waals surface area contributed by atoms with Gasteiger partial charge in [-0.1, -0.05) is 13.0 Å². The van der Waals surface area contributed by atoms with E-state index in [0.717, 1.165) is 37.0 Å². The van der Waals surface area contributed by atoms with E-state index in [1.54, 1.807) is 36.5 Å². The van der Waals surface area contributed by atoms with Gasteiger partial charge in [0.1, 0.15) is 17.9 Å². The standard InChI is InChI=1S/C30H29F3N6O2/c1-3-26-35-18-36-27(38-26)22-8-7-13-34-29(22)41-25-16-20(10-9-19(25)2)28(40)37-23-17-21(30(31,32)33)11-12-24(23)39-14-5-4-6-15-39/h7-13,16-18H,3-6,14-15H2,1-2H3,(H,37,40). The number of aromatic nitrogens is 4. The van der Waals surface area contributed by atoms with Gasteiger partial charge in [0.05, 0.1) is 22.5 Å². The molecule has 4 aromatic rings. The molecule has 0 atom stereocenters. The zero-order chi connectivity index (χ0) is 29.0. The molecule has 0 bridgehead atoms. The molecule has 2 aromatic heterocycles. The molecule has 1 aliphatic rings. The number of rotatable bonds is 7. The first-order chi connectivity index (χ1) is 19.7. The van der Waals surface area contributed by atoms with Crippen molar-refractivity contribution in [3.05, 3.63) is 83.6 Å². The fourth-order valence-corrected chi connectivity index (χ4v) is 4.65. The number of hydrogen-bond acceptors (Lipinski definition) is 7. The molecule has 11 heteroatoms. The number of pyridine rings is 1. The minimum absolute atomic E-state index is 0.114. The Morgan fingerprint density at radius 3 is 2.59 bits per heavy atom. The molecule has 1 amide bonds. The van der Waals surface area contributed by atoms with Crippen molar-refractivity contribution in [1.82, 2.24) is 19.9 Å². The Bertz CT molecular complexity index is 1550. The number of carbonyl (C=O) groups excluding carboxylic acids is 1. The van der Waals surface area contributed by atoms with Gasteiger partial charge in [0.15, 0.2) is 5.82 Å². The predicted octanol–water partition coefficient (Wildman–Crippen LogP) is 6.86. The van der Waals surface area contributed by atoms with Crippen LogP contribution in [0.4, 0.5) is 24.5 Å². The minimum atomic E-state index is -4.54. The summed E-state index contributed by atoms with van der Waals surface area (Å²) in [6.07, 6.45) is 2.04. The van der Waals surface area contributed by atoms with Gasteiger partial charge in [-0.15, -0.1) is 0 Å². The number of amides is 1. The van der Waals surface area contributed by atoms with E-state index in [1.807, 2.05) is 18.7 Å². The fourth-order valence-electron chi connectivity index (χ4n) is 4.65. The van der Waals surface area contributed by atoms with E-state index < -0.39 is 17.6 Å². The molecule has 212 valence electrons. The van der Waals surface area contributed by atoms with Gasteiger partial charge >= 0.3 is 6.18 Å². The number of nitrogens with one attached hydrogen (secondary N) is 1. The van der Waals surface area contributed by atoms with Crippen molar-refractivity contribution in [2.75, 3.05) is 23.3 Å². The van der Waals surface area contributed by atoms with E-state index >= 15 is 0 Å². The summed E-state index contributed by atoms with van der Waals surface area (Å²) in [6, 6.07) is 11.9. The van der Waals surface area contributed by atoms with Gasteiger partial charge in [-0.25, -0.2) is 19.9 Å². The van der Waals surface area contributed by atoms with E-state index in [2.05, 4.69) is 25.3 Å². The number of alkyl halides is 3. The molecular weight excluding hydrogens is 533 g/mol. The molecular formula is C30H29F3N6O2. The lowest BCUT2D eigenvalue weighted by Gasteiger charge is -2.31. The lowest BCUT2D eigenvalue weighted by atomic mass is 10.1. The minimum Gasteiger partial charge on any atom is -0.438 e. The van der Waals surface area contributed by atoms with Crippen LogP contribution in [-0.4, -0.2) is 38.9 Å². The Morgan fingerprint density at radius 1 is 1.02 bits per heavy atom. The number of carbonyl (C=O) groups is 1. The number of piperidine rings is 1. The van der Waals surface area contributed by atoms with Gasteiger partial charge in [-0.05, 0) is 74.2 Å². The van der Waals surface area contributed by atoms with Gasteiger partial charge in [0.2, 0.25) is 5.88 Å². The summed E-state index contributed by atoms with van der Waals surface area (Å²) in [7, 11) is 0. The second kappa shape index (κ2) is 11.9. The smallest absolute Gasteiger partial charge is 0.416 e. The topological polar surface area (TPSA) is 93.1 Å². The molecule has 1 saturated heterocycles. The predicted molar refractivity (Wildman–Crippen MR) is 149 cm³/mol. The zero-order valence-electron chi connectivity index (χ0n) is 22.7. The molecule has 8 nitrogen and oxygen atoms in total. The normalized spacial score (nSPS) is 13.6. The third kappa shape index (κ3) is 6.45. The van der Waals surface area contributed by atoms with E-state index in [-0.39, 0.29) is 17.1 Å². The lowest BCUT2D eigenvalue weighted by Crippen LogP contribution is -2.30. The summed E-state index contributed by atoms with van der Waals surface area (Å²) < 4.78 is 46.8. The van der Waals surface area contributed by atoms with Crippen molar-refractivity contribution in [3.8, 4) is 23.0 Å². The van der Waals surface area contributed by atoms with Crippen molar-refractivity contribution >= 4 is 17.3 Å². The number of aryl methyl sites for hydroxylation is 2. The Kier molecular flexibility index (Phi) is 8.14. The number of anilines is 2. The van der Waals surface area contributed by atoms with E-state index in [0.29, 0.717) is 48.2 Å². The highest BCUT2D eigenvalue weighted by atomic mass is 19.4. The van der Waals surface area contributed by atoms with Gasteiger partial charge in [-0.2, -0.15) is 13.2 Å². The second-order valence-corrected chi connectivity index (χ2v) is 9.75. The monoisotopic (exact) mass is 562 g/mol. The number of nitrogens with zero attached hydrogens (tertiary/aromatic N) is 5. The van der Waals surface area contributed by atoms with Gasteiger partial charge in [0.25, 0.3) is 5.91 Å². The molecule has 3 heterocycles. The second-order valence-electron chi connectivity index (χ2n) is 9.75. The Labute approximate surface area is 235 Å². The van der Waals surface area contributed by atoms with Crippen molar-refractivity contribution < 1.29 is 22.7 Å². The lowest BCUT2D eigenvalue weighted by molar-refractivity contribution is -0.137. The number of hydrogen-bond donors (Lipinski definition) is 1. The zero-order valence-corrected chi connectivity index (χ0v) is 22.7. The number of ether oxygens (including phenoxy) is 1. The first kappa shape index (κ1) is 28.0. The number of benzene rings is 2. The molecule has 0 spiro atoms. The van der Waals surface area contributed by atoms with E-state index in [4.69, 9.17) is 4.74 Å². The van der Waals surface area contributed by atoms with Crippen LogP contribution in [0.15, 0.2) is 61.1 Å². The number of halogens is 3. The quantitative estimate of drug-likeness (QED) is 0.263. The summed E-state index contributed by atoms with van der Waals surface area (Å²) in [6.45, 7) is 5.18. The van der Waals surface area contributed by atoms with Crippen molar-refractivity contribution in [2.24, 2.45) is 0 Å². The van der Waals surface area contributed by atoms with Crippen molar-refractivity contribution in [3.63, 3.8) is 0 Å². The maximum absolute atomic E-state index is 13.5. The first-order valence-corrected chi connectivity index (χ1v) is 13.4. The average Bonchev–Trinajstić information content (AvgIpc) is 2.98. The largest absolute Gasteiger partial charge is 0.438 e. The van der Waals surface area contributed by atoms with Crippen LogP contribution in [0.1, 0.15) is 53.5 Å². The summed E-state index contributed by atoms with van der Waals surface area (Å²) in [5.74, 6) is 1.08.